The van der Waals surface area contributed by atoms with Crippen molar-refractivity contribution in [2.24, 2.45) is 4.99 Å². The number of nitrogens with zero attached hydrogens (tertiary/aromatic N) is 3. The fourth-order valence-electron chi connectivity index (χ4n) is 1.79. The maximum absolute atomic E-state index is 12.5. The van der Waals surface area contributed by atoms with Gasteiger partial charge in [0, 0.05) is 38.8 Å². The Morgan fingerprint density at radius 1 is 1.19 bits per heavy atom. The van der Waals surface area contributed by atoms with E-state index < -0.39 is 6.61 Å². The van der Waals surface area contributed by atoms with Crippen LogP contribution in [0.5, 0.6) is 5.75 Å². The van der Waals surface area contributed by atoms with Crippen molar-refractivity contribution in [1.29, 1.82) is 0 Å². The molecule has 1 aromatic carbocycles. The van der Waals surface area contributed by atoms with E-state index >= 15 is 0 Å². The van der Waals surface area contributed by atoms with Crippen molar-refractivity contribution >= 4 is 29.2 Å². The van der Waals surface area contributed by atoms with Crippen LogP contribution in [0.2, 0.25) is 10.0 Å². The molecular weight excluding hydrogens is 323 g/mol. The molecular formula is C13H17Cl2F2N3O. The van der Waals surface area contributed by atoms with Crippen LogP contribution in [0.4, 0.5) is 8.78 Å². The molecule has 0 bridgehead atoms. The molecule has 0 saturated heterocycles. The Hall–Kier alpha value is -1.27. The summed E-state index contributed by atoms with van der Waals surface area (Å²) in [7, 11) is 7.33. The van der Waals surface area contributed by atoms with E-state index in [1.54, 1.807) is 9.80 Å². The molecule has 0 radical (unpaired) electrons. The second-order valence-corrected chi connectivity index (χ2v) is 5.50. The summed E-state index contributed by atoms with van der Waals surface area (Å²) in [5.74, 6) is 0.575. The lowest BCUT2D eigenvalue weighted by Crippen LogP contribution is -2.35. The van der Waals surface area contributed by atoms with E-state index in [9.17, 15) is 8.78 Å². The molecule has 0 amide bonds. The second-order valence-electron chi connectivity index (χ2n) is 4.66. The zero-order chi connectivity index (χ0) is 16.2. The van der Waals surface area contributed by atoms with E-state index in [0.717, 1.165) is 0 Å². The van der Waals surface area contributed by atoms with Crippen LogP contribution < -0.4 is 4.74 Å². The van der Waals surface area contributed by atoms with E-state index in [1.807, 2.05) is 28.2 Å². The molecule has 0 unspecified atom stereocenters. The lowest BCUT2D eigenvalue weighted by Gasteiger charge is -2.23. The quantitative estimate of drug-likeness (QED) is 0.620. The molecule has 118 valence electrons. The third kappa shape index (κ3) is 5.21. The minimum Gasteiger partial charge on any atom is -0.433 e. The Morgan fingerprint density at radius 3 is 2.24 bits per heavy atom. The van der Waals surface area contributed by atoms with E-state index in [1.165, 1.54) is 12.1 Å². The summed E-state index contributed by atoms with van der Waals surface area (Å²) in [4.78, 5) is 7.98. The number of halogens is 4. The van der Waals surface area contributed by atoms with E-state index in [-0.39, 0.29) is 17.3 Å². The first-order chi connectivity index (χ1) is 9.72. The highest BCUT2D eigenvalue weighted by Crippen LogP contribution is 2.34. The van der Waals surface area contributed by atoms with Gasteiger partial charge in [0.25, 0.3) is 0 Å². The van der Waals surface area contributed by atoms with E-state index in [4.69, 9.17) is 23.2 Å². The van der Waals surface area contributed by atoms with Crippen molar-refractivity contribution in [3.05, 3.63) is 27.7 Å². The van der Waals surface area contributed by atoms with Gasteiger partial charge in [-0.15, -0.1) is 0 Å². The smallest absolute Gasteiger partial charge is 0.387 e. The maximum Gasteiger partial charge on any atom is 0.387 e. The third-order valence-corrected chi connectivity index (χ3v) is 2.98. The van der Waals surface area contributed by atoms with Crippen LogP contribution in [0.1, 0.15) is 5.56 Å². The summed E-state index contributed by atoms with van der Waals surface area (Å²) in [5, 5.41) is 0.368. The minimum absolute atomic E-state index is 0.0317. The average Bonchev–Trinajstić information content (AvgIpc) is 2.32. The molecule has 8 heteroatoms. The van der Waals surface area contributed by atoms with Gasteiger partial charge in [-0.1, -0.05) is 23.2 Å². The van der Waals surface area contributed by atoms with Gasteiger partial charge in [-0.25, -0.2) is 4.99 Å². The molecule has 4 nitrogen and oxygen atoms in total. The summed E-state index contributed by atoms with van der Waals surface area (Å²) < 4.78 is 29.4. The van der Waals surface area contributed by atoms with Crippen LogP contribution in [0, 0.1) is 0 Å². The lowest BCUT2D eigenvalue weighted by atomic mass is 10.2. The number of benzene rings is 1. The largest absolute Gasteiger partial charge is 0.433 e. The van der Waals surface area contributed by atoms with E-state index in [2.05, 4.69) is 9.73 Å². The van der Waals surface area contributed by atoms with Gasteiger partial charge in [-0.3, -0.25) is 0 Å². The fraction of sp³-hybridized carbons (Fsp3) is 0.462. The van der Waals surface area contributed by atoms with Gasteiger partial charge >= 0.3 is 6.61 Å². The summed E-state index contributed by atoms with van der Waals surface area (Å²) >= 11 is 11.8. The van der Waals surface area contributed by atoms with Crippen LogP contribution in [-0.2, 0) is 6.54 Å². The summed E-state index contributed by atoms with van der Waals surface area (Å²) in [6.45, 7) is -2.85. The summed E-state index contributed by atoms with van der Waals surface area (Å²) in [6.07, 6.45) is 0. The van der Waals surface area contributed by atoms with Crippen molar-refractivity contribution in [3.63, 3.8) is 0 Å². The number of hydrogen-bond donors (Lipinski definition) is 0. The highest BCUT2D eigenvalue weighted by atomic mass is 35.5. The highest BCUT2D eigenvalue weighted by molar-refractivity contribution is 6.35. The molecule has 0 heterocycles. The van der Waals surface area contributed by atoms with Crippen LogP contribution in [-0.4, -0.2) is 50.6 Å². The number of ether oxygens (including phenoxy) is 1. The van der Waals surface area contributed by atoms with Crippen molar-refractivity contribution in [3.8, 4) is 5.75 Å². The first kappa shape index (κ1) is 17.8. The van der Waals surface area contributed by atoms with Gasteiger partial charge < -0.3 is 14.5 Å². The molecule has 0 fully saturated rings. The summed E-state index contributed by atoms with van der Waals surface area (Å²) in [5.41, 5.74) is 0.397. The predicted molar refractivity (Wildman–Crippen MR) is 81.6 cm³/mol. The van der Waals surface area contributed by atoms with Crippen molar-refractivity contribution in [2.75, 3.05) is 28.2 Å². The molecule has 0 aliphatic heterocycles. The van der Waals surface area contributed by atoms with Crippen LogP contribution in [0.25, 0.3) is 0 Å². The molecule has 0 aromatic heterocycles. The van der Waals surface area contributed by atoms with Gasteiger partial charge in [0.1, 0.15) is 5.75 Å². The van der Waals surface area contributed by atoms with E-state index in [0.29, 0.717) is 16.5 Å². The number of aliphatic imine (C=N–C) groups is 1. The molecule has 0 N–H and O–H groups in total. The number of alkyl halides is 2. The second kappa shape index (κ2) is 7.66. The van der Waals surface area contributed by atoms with Crippen LogP contribution >= 0.6 is 23.2 Å². The highest BCUT2D eigenvalue weighted by Gasteiger charge is 2.15. The van der Waals surface area contributed by atoms with Gasteiger partial charge in [-0.05, 0) is 12.1 Å². The van der Waals surface area contributed by atoms with Gasteiger partial charge in [-0.2, -0.15) is 8.78 Å². The minimum atomic E-state index is -2.96. The molecule has 0 atom stereocenters. The first-order valence-electron chi connectivity index (χ1n) is 6.04. The predicted octanol–water partition coefficient (Wildman–Crippen LogP) is 3.57. The molecule has 0 aliphatic carbocycles. The zero-order valence-corrected chi connectivity index (χ0v) is 13.7. The fourth-order valence-corrected chi connectivity index (χ4v) is 2.37. The Morgan fingerprint density at radius 2 is 1.76 bits per heavy atom. The van der Waals surface area contributed by atoms with Crippen LogP contribution in [0.15, 0.2) is 17.1 Å². The lowest BCUT2D eigenvalue weighted by molar-refractivity contribution is -0.0503. The zero-order valence-electron chi connectivity index (χ0n) is 12.2. The molecule has 0 spiro atoms. The van der Waals surface area contributed by atoms with Crippen molar-refractivity contribution < 1.29 is 13.5 Å². The monoisotopic (exact) mass is 339 g/mol. The molecule has 1 aromatic rings. The molecule has 0 aliphatic rings. The Bertz CT molecular complexity index is 512. The van der Waals surface area contributed by atoms with Gasteiger partial charge in [0.2, 0.25) is 0 Å². The SMILES string of the molecule is CN(C)C(=NCc1cc(Cl)cc(Cl)c1OC(F)F)N(C)C. The van der Waals surface area contributed by atoms with Crippen molar-refractivity contribution in [1.82, 2.24) is 9.80 Å². The molecule has 21 heavy (non-hydrogen) atoms. The topological polar surface area (TPSA) is 28.1 Å². The Kier molecular flexibility index (Phi) is 6.48. The number of guanidine groups is 1. The van der Waals surface area contributed by atoms with Crippen molar-refractivity contribution in [2.45, 2.75) is 13.2 Å². The maximum atomic E-state index is 12.5. The normalized spacial score (nSPS) is 10.5. The number of rotatable bonds is 4. The molecule has 1 rings (SSSR count). The van der Waals surface area contributed by atoms with Gasteiger partial charge in [0.15, 0.2) is 5.96 Å². The molecule has 0 saturated carbocycles. The van der Waals surface area contributed by atoms with Crippen LogP contribution in [0.3, 0.4) is 0 Å². The Labute approximate surface area is 132 Å². The van der Waals surface area contributed by atoms with Gasteiger partial charge in [0.05, 0.1) is 11.6 Å². The number of hydrogen-bond acceptors (Lipinski definition) is 2. The average molecular weight is 340 g/mol. The first-order valence-corrected chi connectivity index (χ1v) is 6.79. The standard InChI is InChI=1S/C13H17Cl2F2N3O/c1-19(2)13(20(3)4)18-7-8-5-9(14)6-10(15)11(8)21-12(16)17/h5-6,12H,7H2,1-4H3. The summed E-state index contributed by atoms with van der Waals surface area (Å²) in [6, 6.07) is 2.87. The third-order valence-electron chi connectivity index (χ3n) is 2.48. The Balaban J connectivity index is 3.14.